The summed E-state index contributed by atoms with van der Waals surface area (Å²) in [5, 5.41) is 7.67. The molecule has 0 unspecified atom stereocenters. The first-order valence-electron chi connectivity index (χ1n) is 9.50. The number of aromatic nitrogens is 2. The van der Waals surface area contributed by atoms with E-state index < -0.39 is 0 Å². The highest BCUT2D eigenvalue weighted by atomic mass is 16.1. The van der Waals surface area contributed by atoms with Gasteiger partial charge in [0, 0.05) is 29.9 Å². The summed E-state index contributed by atoms with van der Waals surface area (Å²) in [6.45, 7) is 0.499. The summed E-state index contributed by atoms with van der Waals surface area (Å²) in [5.41, 5.74) is 4.76. The maximum absolute atomic E-state index is 12.3. The minimum Gasteiger partial charge on any atom is -0.348 e. The summed E-state index contributed by atoms with van der Waals surface area (Å²) >= 11 is 0. The molecule has 0 fully saturated rings. The van der Waals surface area contributed by atoms with E-state index in [1.54, 1.807) is 6.08 Å². The molecule has 4 rings (SSSR count). The molecule has 29 heavy (non-hydrogen) atoms. The van der Waals surface area contributed by atoms with Gasteiger partial charge >= 0.3 is 0 Å². The van der Waals surface area contributed by atoms with Crippen molar-refractivity contribution in [3.05, 3.63) is 114 Å². The summed E-state index contributed by atoms with van der Waals surface area (Å²) in [6, 6.07) is 29.8. The van der Waals surface area contributed by atoms with Gasteiger partial charge in [0.25, 0.3) is 0 Å². The number of benzene rings is 3. The lowest BCUT2D eigenvalue weighted by atomic mass is 10.1. The molecule has 4 heteroatoms. The third kappa shape index (κ3) is 4.68. The highest BCUT2D eigenvalue weighted by Gasteiger charge is 2.10. The molecule has 0 saturated carbocycles. The monoisotopic (exact) mass is 379 g/mol. The molecule has 4 aromatic rings. The lowest BCUT2D eigenvalue weighted by Crippen LogP contribution is -2.20. The van der Waals surface area contributed by atoms with Gasteiger partial charge in [0.05, 0.1) is 11.4 Å². The van der Waals surface area contributed by atoms with Crippen molar-refractivity contribution in [2.45, 2.75) is 6.54 Å². The molecule has 0 aliphatic rings. The van der Waals surface area contributed by atoms with Gasteiger partial charge in [-0.25, -0.2) is 4.68 Å². The van der Waals surface area contributed by atoms with Gasteiger partial charge in [-0.2, -0.15) is 5.10 Å². The van der Waals surface area contributed by atoms with Crippen molar-refractivity contribution in [1.29, 1.82) is 0 Å². The summed E-state index contributed by atoms with van der Waals surface area (Å²) in [6.07, 6.45) is 5.31. The second kappa shape index (κ2) is 8.85. The standard InChI is InChI=1S/C25H21N3O/c29-24(26-18-20-10-4-1-5-11-20)17-16-22-19-28(23-14-8-3-9-15-23)27-25(22)21-12-6-2-7-13-21/h1-17,19H,18H2,(H,26,29). The van der Waals surface area contributed by atoms with Gasteiger partial charge in [0.15, 0.2) is 0 Å². The fourth-order valence-electron chi connectivity index (χ4n) is 3.05. The molecule has 0 aliphatic heterocycles. The van der Waals surface area contributed by atoms with Crippen molar-refractivity contribution in [3.8, 4) is 16.9 Å². The number of nitrogens with zero attached hydrogens (tertiary/aromatic N) is 2. The van der Waals surface area contributed by atoms with Crippen molar-refractivity contribution < 1.29 is 4.79 Å². The number of amides is 1. The highest BCUT2D eigenvalue weighted by Crippen LogP contribution is 2.24. The first kappa shape index (κ1) is 18.4. The Labute approximate surface area is 170 Å². The average molecular weight is 379 g/mol. The first-order valence-corrected chi connectivity index (χ1v) is 9.50. The van der Waals surface area contributed by atoms with Crippen molar-refractivity contribution in [2.75, 3.05) is 0 Å². The average Bonchev–Trinajstić information content (AvgIpc) is 3.22. The van der Waals surface area contributed by atoms with Crippen LogP contribution in [-0.2, 0) is 11.3 Å². The highest BCUT2D eigenvalue weighted by molar-refractivity contribution is 5.92. The molecule has 1 amide bonds. The van der Waals surface area contributed by atoms with Crippen LogP contribution in [0.2, 0.25) is 0 Å². The first-order chi connectivity index (χ1) is 14.3. The van der Waals surface area contributed by atoms with Crippen LogP contribution >= 0.6 is 0 Å². The SMILES string of the molecule is O=C(C=Cc1cn(-c2ccccc2)nc1-c1ccccc1)NCc1ccccc1. The van der Waals surface area contributed by atoms with Crippen molar-refractivity contribution in [3.63, 3.8) is 0 Å². The van der Waals surface area contributed by atoms with Crippen molar-refractivity contribution in [2.24, 2.45) is 0 Å². The van der Waals surface area contributed by atoms with E-state index in [9.17, 15) is 4.79 Å². The van der Waals surface area contributed by atoms with Crippen LogP contribution in [-0.4, -0.2) is 15.7 Å². The number of hydrogen-bond donors (Lipinski definition) is 1. The molecule has 0 radical (unpaired) electrons. The minimum absolute atomic E-state index is 0.139. The second-order valence-corrected chi connectivity index (χ2v) is 6.62. The van der Waals surface area contributed by atoms with E-state index in [1.807, 2.05) is 108 Å². The van der Waals surface area contributed by atoms with Gasteiger partial charge in [-0.1, -0.05) is 78.9 Å². The van der Waals surface area contributed by atoms with E-state index >= 15 is 0 Å². The minimum atomic E-state index is -0.139. The molecule has 1 aromatic heterocycles. The Balaban J connectivity index is 1.57. The number of carbonyl (C=O) groups is 1. The van der Waals surface area contributed by atoms with E-state index in [2.05, 4.69) is 5.32 Å². The Kier molecular flexibility index (Phi) is 5.63. The van der Waals surface area contributed by atoms with Crippen LogP contribution in [0.15, 0.2) is 103 Å². The number of rotatable bonds is 6. The lowest BCUT2D eigenvalue weighted by molar-refractivity contribution is -0.116. The summed E-state index contributed by atoms with van der Waals surface area (Å²) in [5.74, 6) is -0.139. The molecule has 3 aromatic carbocycles. The second-order valence-electron chi connectivity index (χ2n) is 6.62. The molecule has 1 heterocycles. The van der Waals surface area contributed by atoms with Gasteiger partial charge in [-0.05, 0) is 23.8 Å². The molecular weight excluding hydrogens is 358 g/mol. The number of para-hydroxylation sites is 1. The Morgan fingerprint density at radius 1 is 0.862 bits per heavy atom. The number of nitrogens with one attached hydrogen (secondary N) is 1. The topological polar surface area (TPSA) is 46.9 Å². The fourth-order valence-corrected chi connectivity index (χ4v) is 3.05. The van der Waals surface area contributed by atoms with Gasteiger partial charge < -0.3 is 5.32 Å². The molecule has 0 saturated heterocycles. The van der Waals surface area contributed by atoms with Crippen LogP contribution in [0.4, 0.5) is 0 Å². The predicted molar refractivity (Wildman–Crippen MR) is 116 cm³/mol. The van der Waals surface area contributed by atoms with Crippen LogP contribution in [0.25, 0.3) is 23.0 Å². The number of carbonyl (C=O) groups excluding carboxylic acids is 1. The maximum atomic E-state index is 12.3. The van der Waals surface area contributed by atoms with E-state index in [0.717, 1.165) is 28.1 Å². The van der Waals surface area contributed by atoms with E-state index in [4.69, 9.17) is 5.10 Å². The summed E-state index contributed by atoms with van der Waals surface area (Å²) in [4.78, 5) is 12.3. The van der Waals surface area contributed by atoms with E-state index in [0.29, 0.717) is 6.54 Å². The predicted octanol–water partition coefficient (Wildman–Crippen LogP) is 4.87. The third-order valence-electron chi connectivity index (χ3n) is 4.53. The summed E-state index contributed by atoms with van der Waals surface area (Å²) < 4.78 is 1.84. The molecule has 4 nitrogen and oxygen atoms in total. The Morgan fingerprint density at radius 3 is 2.17 bits per heavy atom. The molecule has 0 aliphatic carbocycles. The van der Waals surface area contributed by atoms with Crippen LogP contribution in [0.3, 0.4) is 0 Å². The smallest absolute Gasteiger partial charge is 0.244 e. The molecular formula is C25H21N3O. The van der Waals surface area contributed by atoms with Crippen molar-refractivity contribution >= 4 is 12.0 Å². The number of hydrogen-bond acceptors (Lipinski definition) is 2. The molecule has 1 N–H and O–H groups in total. The van der Waals surface area contributed by atoms with Crippen molar-refractivity contribution in [1.82, 2.24) is 15.1 Å². The molecule has 0 bridgehead atoms. The Morgan fingerprint density at radius 2 is 1.48 bits per heavy atom. The largest absolute Gasteiger partial charge is 0.348 e. The zero-order valence-corrected chi connectivity index (χ0v) is 15.9. The van der Waals surface area contributed by atoms with Gasteiger partial charge in [0.2, 0.25) is 5.91 Å². The van der Waals surface area contributed by atoms with Gasteiger partial charge in [-0.3, -0.25) is 4.79 Å². The normalized spacial score (nSPS) is 10.9. The van der Waals surface area contributed by atoms with Gasteiger partial charge in [0.1, 0.15) is 0 Å². The van der Waals surface area contributed by atoms with E-state index in [-0.39, 0.29) is 5.91 Å². The molecule has 142 valence electrons. The lowest BCUT2D eigenvalue weighted by Gasteiger charge is -2.02. The van der Waals surface area contributed by atoms with Crippen LogP contribution < -0.4 is 5.32 Å². The Bertz CT molecular complexity index is 1100. The molecule has 0 spiro atoms. The third-order valence-corrected chi connectivity index (χ3v) is 4.53. The van der Waals surface area contributed by atoms with Gasteiger partial charge in [-0.15, -0.1) is 0 Å². The Hall–Kier alpha value is -3.92. The zero-order valence-electron chi connectivity index (χ0n) is 15.9. The van der Waals surface area contributed by atoms with Crippen LogP contribution in [0, 0.1) is 0 Å². The zero-order chi connectivity index (χ0) is 19.9. The van der Waals surface area contributed by atoms with Crippen LogP contribution in [0.1, 0.15) is 11.1 Å². The fraction of sp³-hybridized carbons (Fsp3) is 0.0400. The maximum Gasteiger partial charge on any atom is 0.244 e. The quantitative estimate of drug-likeness (QED) is 0.486. The summed E-state index contributed by atoms with van der Waals surface area (Å²) in [7, 11) is 0. The van der Waals surface area contributed by atoms with E-state index in [1.165, 1.54) is 0 Å². The molecule has 0 atom stereocenters. The van der Waals surface area contributed by atoms with Crippen LogP contribution in [0.5, 0.6) is 0 Å².